The van der Waals surface area contributed by atoms with Gasteiger partial charge in [0.25, 0.3) is 0 Å². The van der Waals surface area contributed by atoms with Crippen molar-refractivity contribution in [2.75, 3.05) is 12.0 Å². The highest BCUT2D eigenvalue weighted by molar-refractivity contribution is 7.98. The van der Waals surface area contributed by atoms with Gasteiger partial charge in [-0.1, -0.05) is 11.8 Å². The van der Waals surface area contributed by atoms with Crippen molar-refractivity contribution < 1.29 is 13.2 Å². The van der Waals surface area contributed by atoms with Gasteiger partial charge in [-0.15, -0.1) is 0 Å². The normalized spacial score (nSPS) is 10.8. The number of hydrogen-bond donors (Lipinski definition) is 1. The molecular weight excluding hydrogens is 275 g/mol. The molecule has 2 N–H and O–H groups in total. The zero-order valence-electron chi connectivity index (χ0n) is 10.2. The van der Waals surface area contributed by atoms with Crippen LogP contribution in [-0.4, -0.2) is 16.2 Å². The minimum absolute atomic E-state index is 0.122. The lowest BCUT2D eigenvalue weighted by Crippen LogP contribution is -2.01. The van der Waals surface area contributed by atoms with Gasteiger partial charge in [0.2, 0.25) is 0 Å². The van der Waals surface area contributed by atoms with Gasteiger partial charge in [-0.2, -0.15) is 0 Å². The maximum atomic E-state index is 14.0. The van der Waals surface area contributed by atoms with E-state index in [9.17, 15) is 13.2 Å². The molecule has 0 aliphatic carbocycles. The summed E-state index contributed by atoms with van der Waals surface area (Å²) >= 11 is 1.22. The molecule has 2 aromatic rings. The minimum Gasteiger partial charge on any atom is -0.384 e. The van der Waals surface area contributed by atoms with E-state index in [0.29, 0.717) is 5.16 Å². The smallest absolute Gasteiger partial charge is 0.189 e. The van der Waals surface area contributed by atoms with E-state index in [1.54, 1.807) is 6.26 Å². The van der Waals surface area contributed by atoms with Crippen LogP contribution in [0, 0.1) is 24.4 Å². The number of thioether (sulfide) groups is 1. The molecule has 19 heavy (non-hydrogen) atoms. The Kier molecular flexibility index (Phi) is 3.66. The van der Waals surface area contributed by atoms with Crippen LogP contribution in [0.3, 0.4) is 0 Å². The Bertz CT molecular complexity index is 647. The van der Waals surface area contributed by atoms with Crippen molar-refractivity contribution in [1.29, 1.82) is 0 Å². The van der Waals surface area contributed by atoms with Crippen molar-refractivity contribution in [3.63, 3.8) is 0 Å². The fraction of sp³-hybridized carbons (Fsp3) is 0.167. The fourth-order valence-corrected chi connectivity index (χ4v) is 1.98. The van der Waals surface area contributed by atoms with Gasteiger partial charge in [0.1, 0.15) is 11.6 Å². The maximum absolute atomic E-state index is 14.0. The molecule has 0 atom stereocenters. The Labute approximate surface area is 112 Å². The Morgan fingerprint density at radius 1 is 1.11 bits per heavy atom. The van der Waals surface area contributed by atoms with Gasteiger partial charge in [0.05, 0.1) is 5.69 Å². The molecule has 0 spiro atoms. The van der Waals surface area contributed by atoms with Crippen LogP contribution in [0.2, 0.25) is 0 Å². The molecule has 0 unspecified atom stereocenters. The van der Waals surface area contributed by atoms with Gasteiger partial charge in [0, 0.05) is 17.2 Å². The highest BCUT2D eigenvalue weighted by Gasteiger charge is 2.18. The highest BCUT2D eigenvalue weighted by atomic mass is 32.2. The SMILES string of the molecule is CSc1nc(N)cc(-c2cc(F)c(F)c(C)c2F)n1. The van der Waals surface area contributed by atoms with Gasteiger partial charge >= 0.3 is 0 Å². The number of nitrogens with two attached hydrogens (primary N) is 1. The summed E-state index contributed by atoms with van der Waals surface area (Å²) in [6.07, 6.45) is 1.73. The van der Waals surface area contributed by atoms with Crippen LogP contribution in [0.25, 0.3) is 11.3 Å². The molecule has 1 aromatic carbocycles. The van der Waals surface area contributed by atoms with Crippen molar-refractivity contribution in [1.82, 2.24) is 9.97 Å². The topological polar surface area (TPSA) is 51.8 Å². The summed E-state index contributed by atoms with van der Waals surface area (Å²) < 4.78 is 40.6. The van der Waals surface area contributed by atoms with Crippen LogP contribution in [0.5, 0.6) is 0 Å². The predicted octanol–water partition coefficient (Wildman–Crippen LogP) is 3.17. The Morgan fingerprint density at radius 3 is 2.42 bits per heavy atom. The van der Waals surface area contributed by atoms with E-state index in [2.05, 4.69) is 9.97 Å². The van der Waals surface area contributed by atoms with Gasteiger partial charge in [0.15, 0.2) is 16.8 Å². The summed E-state index contributed by atoms with van der Waals surface area (Å²) in [4.78, 5) is 7.95. The molecule has 100 valence electrons. The van der Waals surface area contributed by atoms with E-state index in [1.165, 1.54) is 17.8 Å². The van der Waals surface area contributed by atoms with Gasteiger partial charge < -0.3 is 5.73 Å². The fourth-order valence-electron chi connectivity index (χ4n) is 1.59. The molecular formula is C12H10F3N3S. The Hall–Kier alpha value is -1.76. The molecule has 0 saturated heterocycles. The molecule has 0 aliphatic heterocycles. The first-order valence-corrected chi connectivity index (χ1v) is 6.49. The molecule has 1 heterocycles. The Balaban J connectivity index is 2.68. The van der Waals surface area contributed by atoms with Crippen molar-refractivity contribution in [3.8, 4) is 11.3 Å². The predicted molar refractivity (Wildman–Crippen MR) is 68.3 cm³/mol. The van der Waals surface area contributed by atoms with E-state index in [4.69, 9.17) is 5.73 Å². The van der Waals surface area contributed by atoms with E-state index in [0.717, 1.165) is 13.0 Å². The number of nitrogen functional groups attached to an aromatic ring is 1. The molecule has 0 aliphatic rings. The zero-order valence-corrected chi connectivity index (χ0v) is 11.0. The van der Waals surface area contributed by atoms with Gasteiger partial charge in [-0.3, -0.25) is 0 Å². The molecule has 1 aromatic heterocycles. The average Bonchev–Trinajstić information content (AvgIpc) is 2.39. The van der Waals surface area contributed by atoms with Crippen LogP contribution in [0.15, 0.2) is 17.3 Å². The molecule has 2 rings (SSSR count). The summed E-state index contributed by atoms with van der Waals surface area (Å²) in [6.45, 7) is 1.16. The van der Waals surface area contributed by atoms with E-state index < -0.39 is 23.0 Å². The lowest BCUT2D eigenvalue weighted by atomic mass is 10.1. The van der Waals surface area contributed by atoms with Crippen molar-refractivity contribution in [3.05, 3.63) is 35.1 Å². The molecule has 0 saturated carbocycles. The van der Waals surface area contributed by atoms with Crippen LogP contribution >= 0.6 is 11.8 Å². The molecule has 0 amide bonds. The van der Waals surface area contributed by atoms with Gasteiger partial charge in [-0.25, -0.2) is 23.1 Å². The standard InChI is InChI=1S/C12H10F3N3S/c1-5-10(14)6(3-7(13)11(5)15)8-4-9(16)18-12(17-8)19-2/h3-4H,1-2H3,(H2,16,17,18). The summed E-state index contributed by atoms with van der Waals surface area (Å²) in [5.41, 5.74) is 5.17. The summed E-state index contributed by atoms with van der Waals surface area (Å²) in [7, 11) is 0. The summed E-state index contributed by atoms with van der Waals surface area (Å²) in [6, 6.07) is 2.08. The first kappa shape index (κ1) is 13.7. The second-order valence-corrected chi connectivity index (χ2v) is 4.60. The average molecular weight is 285 g/mol. The van der Waals surface area contributed by atoms with Crippen LogP contribution < -0.4 is 5.73 Å². The third-order valence-corrected chi connectivity index (χ3v) is 3.11. The van der Waals surface area contributed by atoms with Crippen LogP contribution in [0.1, 0.15) is 5.56 Å². The molecule has 0 bridgehead atoms. The minimum atomic E-state index is -1.20. The zero-order chi connectivity index (χ0) is 14.2. The summed E-state index contributed by atoms with van der Waals surface area (Å²) in [5, 5.41) is 0.330. The van der Waals surface area contributed by atoms with Crippen molar-refractivity contribution in [2.45, 2.75) is 12.1 Å². The number of rotatable bonds is 2. The molecule has 7 heteroatoms. The van der Waals surface area contributed by atoms with E-state index in [1.807, 2.05) is 0 Å². The molecule has 0 radical (unpaired) electrons. The first-order valence-electron chi connectivity index (χ1n) is 5.27. The summed E-state index contributed by atoms with van der Waals surface area (Å²) in [5.74, 6) is -3.05. The number of halogens is 3. The van der Waals surface area contributed by atoms with E-state index >= 15 is 0 Å². The second-order valence-electron chi connectivity index (χ2n) is 3.82. The largest absolute Gasteiger partial charge is 0.384 e. The van der Waals surface area contributed by atoms with Gasteiger partial charge in [-0.05, 0) is 19.2 Å². The van der Waals surface area contributed by atoms with Crippen LogP contribution in [0.4, 0.5) is 19.0 Å². The van der Waals surface area contributed by atoms with Crippen molar-refractivity contribution >= 4 is 17.6 Å². The third kappa shape index (κ3) is 2.51. The number of nitrogens with zero attached hydrogens (tertiary/aromatic N) is 2. The number of benzene rings is 1. The van der Waals surface area contributed by atoms with Crippen molar-refractivity contribution in [2.24, 2.45) is 0 Å². The second kappa shape index (κ2) is 5.08. The first-order chi connectivity index (χ1) is 8.93. The molecule has 0 fully saturated rings. The highest BCUT2D eigenvalue weighted by Crippen LogP contribution is 2.28. The quantitative estimate of drug-likeness (QED) is 0.523. The van der Waals surface area contributed by atoms with Crippen LogP contribution in [-0.2, 0) is 0 Å². The lowest BCUT2D eigenvalue weighted by Gasteiger charge is -2.08. The maximum Gasteiger partial charge on any atom is 0.189 e. The molecule has 3 nitrogen and oxygen atoms in total. The monoisotopic (exact) mass is 285 g/mol. The third-order valence-electron chi connectivity index (χ3n) is 2.56. The Morgan fingerprint density at radius 2 is 1.79 bits per heavy atom. The lowest BCUT2D eigenvalue weighted by molar-refractivity contribution is 0.487. The van der Waals surface area contributed by atoms with E-state index in [-0.39, 0.29) is 17.1 Å². The number of anilines is 1. The number of aromatic nitrogens is 2. The number of hydrogen-bond acceptors (Lipinski definition) is 4.